The molecule has 11 heteroatoms. The van der Waals surface area contributed by atoms with Crippen LogP contribution in [0.4, 0.5) is 5.69 Å². The minimum Gasteiger partial charge on any atom is -0.495 e. The van der Waals surface area contributed by atoms with Gasteiger partial charge in [0.1, 0.15) is 11.8 Å². The van der Waals surface area contributed by atoms with Crippen molar-refractivity contribution in [3.8, 4) is 29.1 Å². The van der Waals surface area contributed by atoms with Gasteiger partial charge in [-0.1, -0.05) is 6.07 Å². The van der Waals surface area contributed by atoms with Crippen LogP contribution in [0.2, 0.25) is 0 Å². The number of nitrogens with zero attached hydrogens (tertiary/aromatic N) is 1. The number of nitrogen functional groups attached to an aromatic ring is 1. The molecule has 0 saturated heterocycles. The third-order valence-electron chi connectivity index (χ3n) is 4.68. The van der Waals surface area contributed by atoms with Gasteiger partial charge in [0.15, 0.2) is 11.5 Å². The number of hydrogen-bond acceptors (Lipinski definition) is 9. The molecule has 2 rings (SSSR count). The molecule has 0 aliphatic rings. The highest BCUT2D eigenvalue weighted by molar-refractivity contribution is 5.91. The SMILES string of the molecule is COc1ccc(/C=C(/C#N)c2cc(OC)c(OC)c(OC)c2)cc1N.NC(=O)CC[C@@H](N)C(=O)O. The fraction of sp³-hybridized carbons (Fsp3) is 0.292. The number of anilines is 1. The molecule has 0 aliphatic heterocycles. The molecule has 0 bridgehead atoms. The number of primary amides is 1. The molecule has 35 heavy (non-hydrogen) atoms. The van der Waals surface area contributed by atoms with Crippen LogP contribution in [0.3, 0.4) is 0 Å². The fourth-order valence-electron chi connectivity index (χ4n) is 2.85. The van der Waals surface area contributed by atoms with Gasteiger partial charge in [-0.05, 0) is 47.9 Å². The first kappa shape index (κ1) is 28.6. The van der Waals surface area contributed by atoms with Crippen LogP contribution < -0.4 is 36.1 Å². The number of hydrogen-bond donors (Lipinski definition) is 4. The second-order valence-corrected chi connectivity index (χ2v) is 7.03. The maximum Gasteiger partial charge on any atom is 0.320 e. The third-order valence-corrected chi connectivity index (χ3v) is 4.68. The molecule has 2 aromatic rings. The molecule has 0 heterocycles. The third kappa shape index (κ3) is 8.45. The molecule has 0 unspecified atom stereocenters. The molecular weight excluding hydrogens is 456 g/mol. The minimum atomic E-state index is -1.11. The van der Waals surface area contributed by atoms with E-state index >= 15 is 0 Å². The van der Waals surface area contributed by atoms with E-state index in [2.05, 4.69) is 6.07 Å². The van der Waals surface area contributed by atoms with Crippen molar-refractivity contribution >= 4 is 29.2 Å². The predicted molar refractivity (Wildman–Crippen MR) is 131 cm³/mol. The molecule has 0 aliphatic carbocycles. The van der Waals surface area contributed by atoms with Gasteiger partial charge in [0, 0.05) is 6.42 Å². The first-order valence-electron chi connectivity index (χ1n) is 10.2. The van der Waals surface area contributed by atoms with Gasteiger partial charge in [-0.2, -0.15) is 5.26 Å². The van der Waals surface area contributed by atoms with Crippen molar-refractivity contribution in [1.82, 2.24) is 0 Å². The molecule has 1 atom stereocenters. The van der Waals surface area contributed by atoms with E-state index in [1.165, 1.54) is 21.3 Å². The van der Waals surface area contributed by atoms with Crippen LogP contribution in [0.1, 0.15) is 24.0 Å². The Kier molecular flexibility index (Phi) is 11.4. The second-order valence-electron chi connectivity index (χ2n) is 7.03. The lowest BCUT2D eigenvalue weighted by Crippen LogP contribution is -2.31. The summed E-state index contributed by atoms with van der Waals surface area (Å²) < 4.78 is 21.1. The molecule has 11 nitrogen and oxygen atoms in total. The highest BCUT2D eigenvalue weighted by atomic mass is 16.5. The standard InChI is InChI=1S/C19H20N2O4.C5H10N2O3/c1-22-16-6-5-12(8-15(16)21)7-14(11-20)13-9-17(23-2)19(25-4)18(10-13)24-3;6-3(5(9)10)1-2-4(7)8/h5-10H,21H2,1-4H3;3H,1-2,6H2,(H2,7,8)(H,9,10)/b14-7-;/t;3-/m.1/s1. The molecule has 1 amide bonds. The molecular formula is C24H30N4O7. The summed E-state index contributed by atoms with van der Waals surface area (Å²) in [6.07, 6.45) is 1.86. The first-order valence-corrected chi connectivity index (χ1v) is 10.2. The summed E-state index contributed by atoms with van der Waals surface area (Å²) in [6.45, 7) is 0. The summed E-state index contributed by atoms with van der Waals surface area (Å²) in [4.78, 5) is 20.1. The van der Waals surface area contributed by atoms with E-state index < -0.39 is 17.9 Å². The number of carboxylic acid groups (broad SMARTS) is 1. The monoisotopic (exact) mass is 486 g/mol. The second kappa shape index (κ2) is 14.0. The normalized spacial score (nSPS) is 11.3. The van der Waals surface area contributed by atoms with Gasteiger partial charge in [-0.3, -0.25) is 9.59 Å². The maximum atomic E-state index is 10.1. The number of ether oxygens (including phenoxy) is 4. The van der Waals surface area contributed by atoms with Crippen LogP contribution in [0, 0.1) is 11.3 Å². The van der Waals surface area contributed by atoms with Crippen molar-refractivity contribution in [2.45, 2.75) is 18.9 Å². The van der Waals surface area contributed by atoms with Gasteiger partial charge in [-0.25, -0.2) is 0 Å². The Morgan fingerprint density at radius 2 is 1.60 bits per heavy atom. The van der Waals surface area contributed by atoms with E-state index in [-0.39, 0.29) is 12.8 Å². The van der Waals surface area contributed by atoms with Gasteiger partial charge in [-0.15, -0.1) is 0 Å². The average molecular weight is 487 g/mol. The van der Waals surface area contributed by atoms with Crippen LogP contribution in [-0.2, 0) is 9.59 Å². The number of aliphatic carboxylic acids is 1. The number of methoxy groups -OCH3 is 4. The summed E-state index contributed by atoms with van der Waals surface area (Å²) >= 11 is 0. The van der Waals surface area contributed by atoms with Crippen molar-refractivity contribution in [2.24, 2.45) is 11.5 Å². The van der Waals surface area contributed by atoms with Crippen LogP contribution in [0.5, 0.6) is 23.0 Å². The summed E-state index contributed by atoms with van der Waals surface area (Å²) in [5.74, 6) is 0.376. The smallest absolute Gasteiger partial charge is 0.320 e. The van der Waals surface area contributed by atoms with Gasteiger partial charge in [0.25, 0.3) is 0 Å². The number of amides is 1. The molecule has 0 radical (unpaired) electrons. The van der Waals surface area contributed by atoms with Crippen LogP contribution in [0.15, 0.2) is 30.3 Å². The number of nitriles is 1. The summed E-state index contributed by atoms with van der Waals surface area (Å²) in [7, 11) is 6.14. The largest absolute Gasteiger partial charge is 0.495 e. The number of benzene rings is 2. The van der Waals surface area contributed by atoms with Crippen molar-refractivity contribution < 1.29 is 33.6 Å². The van der Waals surface area contributed by atoms with E-state index in [4.69, 9.17) is 41.3 Å². The quantitative estimate of drug-likeness (QED) is 0.219. The van der Waals surface area contributed by atoms with E-state index in [0.717, 1.165) is 5.56 Å². The predicted octanol–water partition coefficient (Wildman–Crippen LogP) is 2.03. The van der Waals surface area contributed by atoms with Crippen LogP contribution >= 0.6 is 0 Å². The Morgan fingerprint density at radius 1 is 1.03 bits per heavy atom. The zero-order valence-electron chi connectivity index (χ0n) is 20.0. The first-order chi connectivity index (χ1) is 16.6. The lowest BCUT2D eigenvalue weighted by molar-refractivity contribution is -0.138. The Hall–Kier alpha value is -4.43. The zero-order valence-corrected chi connectivity index (χ0v) is 20.0. The minimum absolute atomic E-state index is 0.0213. The Balaban J connectivity index is 0.000000518. The molecule has 0 aromatic heterocycles. The van der Waals surface area contributed by atoms with Crippen molar-refractivity contribution in [1.29, 1.82) is 5.26 Å². The van der Waals surface area contributed by atoms with E-state index in [1.807, 2.05) is 6.07 Å². The molecule has 0 fully saturated rings. The number of rotatable bonds is 10. The van der Waals surface area contributed by atoms with Gasteiger partial charge in [0.05, 0.1) is 45.8 Å². The molecule has 188 valence electrons. The topological polar surface area (TPSA) is 193 Å². The Bertz CT molecular complexity index is 1080. The van der Waals surface area contributed by atoms with Crippen LogP contribution in [0.25, 0.3) is 11.6 Å². The summed E-state index contributed by atoms with van der Waals surface area (Å²) in [6, 6.07) is 9.99. The number of carbonyl (C=O) groups is 2. The van der Waals surface area contributed by atoms with E-state index in [9.17, 15) is 14.9 Å². The van der Waals surface area contributed by atoms with Gasteiger partial charge >= 0.3 is 5.97 Å². The number of carbonyl (C=O) groups excluding carboxylic acids is 1. The molecule has 2 aromatic carbocycles. The Morgan fingerprint density at radius 3 is 2.00 bits per heavy atom. The highest BCUT2D eigenvalue weighted by Gasteiger charge is 2.15. The van der Waals surface area contributed by atoms with Crippen LogP contribution in [-0.4, -0.2) is 51.5 Å². The van der Waals surface area contributed by atoms with Crippen molar-refractivity contribution in [2.75, 3.05) is 34.2 Å². The summed E-state index contributed by atoms with van der Waals surface area (Å²) in [5, 5.41) is 17.8. The van der Waals surface area contributed by atoms with Gasteiger partial charge < -0.3 is 41.3 Å². The fourth-order valence-corrected chi connectivity index (χ4v) is 2.85. The number of allylic oxidation sites excluding steroid dienone is 1. The van der Waals surface area contributed by atoms with Crippen molar-refractivity contribution in [3.05, 3.63) is 41.5 Å². The van der Waals surface area contributed by atoms with E-state index in [0.29, 0.717) is 39.8 Å². The summed E-state index contributed by atoms with van der Waals surface area (Å²) in [5.41, 5.74) is 18.1. The molecule has 0 saturated carbocycles. The zero-order chi connectivity index (χ0) is 26.5. The lowest BCUT2D eigenvalue weighted by atomic mass is 10.0. The number of carboxylic acids is 1. The Labute approximate surface area is 203 Å². The van der Waals surface area contributed by atoms with Gasteiger partial charge in [0.2, 0.25) is 11.7 Å². The lowest BCUT2D eigenvalue weighted by Gasteiger charge is -2.14. The maximum absolute atomic E-state index is 10.1. The number of nitrogens with two attached hydrogens (primary N) is 3. The van der Waals surface area contributed by atoms with Crippen molar-refractivity contribution in [3.63, 3.8) is 0 Å². The molecule has 0 spiro atoms. The average Bonchev–Trinajstić information content (AvgIpc) is 2.85. The molecule has 7 N–H and O–H groups in total. The highest BCUT2D eigenvalue weighted by Crippen LogP contribution is 2.40. The van der Waals surface area contributed by atoms with E-state index in [1.54, 1.807) is 37.5 Å².